The van der Waals surface area contributed by atoms with E-state index in [1.54, 1.807) is 0 Å². The molecule has 3 heterocycles. The Morgan fingerprint density at radius 2 is 1.88 bits per heavy atom. The molecule has 2 aliphatic heterocycles. The topological polar surface area (TPSA) is 96.6 Å². The van der Waals surface area contributed by atoms with E-state index in [1.165, 1.54) is 29.8 Å². The first-order valence-corrected chi connectivity index (χ1v) is 8.95. The minimum Gasteiger partial charge on any atom is -0.366 e. The van der Waals surface area contributed by atoms with Gasteiger partial charge in [0, 0.05) is 18.8 Å². The van der Waals surface area contributed by atoms with Gasteiger partial charge in [-0.3, -0.25) is 19.4 Å². The fourth-order valence-corrected chi connectivity index (χ4v) is 4.66. The lowest BCUT2D eigenvalue weighted by molar-refractivity contribution is -0.155. The zero-order valence-electron chi connectivity index (χ0n) is 14.1. The summed E-state index contributed by atoms with van der Waals surface area (Å²) in [5.74, 6) is -1.02. The second-order valence-corrected chi connectivity index (χ2v) is 7.27. The number of piperazine rings is 1. The normalized spacial score (nSPS) is 29.2. The molecule has 7 heteroatoms. The molecule has 3 unspecified atom stereocenters. The zero-order chi connectivity index (χ0) is 17.6. The van der Waals surface area contributed by atoms with Crippen LogP contribution in [-0.2, 0) is 9.59 Å². The van der Waals surface area contributed by atoms with Crippen molar-refractivity contribution in [2.24, 2.45) is 11.7 Å². The lowest BCUT2D eigenvalue weighted by Gasteiger charge is -2.51. The Morgan fingerprint density at radius 1 is 1.08 bits per heavy atom. The highest BCUT2D eigenvalue weighted by molar-refractivity contribution is 6.41. The Bertz CT molecular complexity index is 735. The molecule has 1 saturated carbocycles. The summed E-state index contributed by atoms with van der Waals surface area (Å²) in [6.45, 7) is 0.456. The van der Waals surface area contributed by atoms with Crippen molar-refractivity contribution in [3.8, 4) is 0 Å². The molecular weight excluding hydrogens is 320 g/mol. The van der Waals surface area contributed by atoms with Crippen LogP contribution in [0.4, 0.5) is 5.69 Å². The third kappa shape index (κ3) is 2.67. The minimum absolute atomic E-state index is 0.0433. The number of carbonyl (C=O) groups is 3. The van der Waals surface area contributed by atoms with Crippen molar-refractivity contribution in [1.29, 1.82) is 0 Å². The number of primary amides is 1. The maximum atomic E-state index is 12.8. The molecule has 1 aliphatic carbocycles. The molecule has 0 bridgehead atoms. The molecule has 2 saturated heterocycles. The van der Waals surface area contributed by atoms with Gasteiger partial charge < -0.3 is 15.5 Å². The van der Waals surface area contributed by atoms with Gasteiger partial charge in [-0.25, -0.2) is 0 Å². The van der Waals surface area contributed by atoms with Gasteiger partial charge in [0.25, 0.3) is 0 Å². The lowest BCUT2D eigenvalue weighted by atomic mass is 9.75. The summed E-state index contributed by atoms with van der Waals surface area (Å²) in [4.78, 5) is 44.2. The number of amides is 3. The van der Waals surface area contributed by atoms with Crippen LogP contribution < -0.4 is 10.6 Å². The number of anilines is 1. The van der Waals surface area contributed by atoms with E-state index in [2.05, 4.69) is 4.98 Å². The molecule has 132 valence electrons. The van der Waals surface area contributed by atoms with Crippen LogP contribution in [0.3, 0.4) is 0 Å². The van der Waals surface area contributed by atoms with Gasteiger partial charge in [0.1, 0.15) is 0 Å². The summed E-state index contributed by atoms with van der Waals surface area (Å²) in [5, 5.41) is 0. The quantitative estimate of drug-likeness (QED) is 0.813. The molecule has 0 spiro atoms. The van der Waals surface area contributed by atoms with Crippen LogP contribution in [0.15, 0.2) is 18.5 Å². The number of pyridine rings is 1. The summed E-state index contributed by atoms with van der Waals surface area (Å²) >= 11 is 0. The average Bonchev–Trinajstić information content (AvgIpc) is 2.64. The van der Waals surface area contributed by atoms with Crippen molar-refractivity contribution in [1.82, 2.24) is 9.88 Å². The largest absolute Gasteiger partial charge is 0.366 e. The molecule has 7 nitrogen and oxygen atoms in total. The Labute approximate surface area is 146 Å². The Morgan fingerprint density at radius 3 is 2.68 bits per heavy atom. The zero-order valence-corrected chi connectivity index (χ0v) is 14.1. The third-order valence-electron chi connectivity index (χ3n) is 5.87. The van der Waals surface area contributed by atoms with Gasteiger partial charge in [-0.15, -0.1) is 0 Å². The van der Waals surface area contributed by atoms with Gasteiger partial charge in [0.15, 0.2) is 0 Å². The molecule has 3 aliphatic rings. The highest BCUT2D eigenvalue weighted by Crippen LogP contribution is 2.40. The molecule has 2 N–H and O–H groups in total. The number of fused-ring (bicyclic) bond motifs is 3. The lowest BCUT2D eigenvalue weighted by Crippen LogP contribution is -2.66. The predicted octanol–water partition coefficient (Wildman–Crippen LogP) is 1.08. The van der Waals surface area contributed by atoms with Crippen LogP contribution in [0.1, 0.15) is 48.9 Å². The first-order chi connectivity index (χ1) is 12.1. The molecule has 0 radical (unpaired) electrons. The number of hydrogen-bond acceptors (Lipinski definition) is 4. The molecular formula is C18H22N4O3. The molecule has 25 heavy (non-hydrogen) atoms. The summed E-state index contributed by atoms with van der Waals surface area (Å²) in [7, 11) is 0. The van der Waals surface area contributed by atoms with Gasteiger partial charge in [0.05, 0.1) is 23.5 Å². The second kappa shape index (κ2) is 6.13. The van der Waals surface area contributed by atoms with E-state index >= 15 is 0 Å². The van der Waals surface area contributed by atoms with Gasteiger partial charge in [-0.1, -0.05) is 12.8 Å². The fraction of sp³-hybridized carbons (Fsp3) is 0.556. The summed E-state index contributed by atoms with van der Waals surface area (Å²) in [6.07, 6.45) is 9.39. The van der Waals surface area contributed by atoms with E-state index in [-0.39, 0.29) is 17.6 Å². The average molecular weight is 342 g/mol. The monoisotopic (exact) mass is 342 g/mol. The number of aromatic nitrogens is 1. The number of carbonyl (C=O) groups excluding carboxylic acids is 3. The Kier molecular flexibility index (Phi) is 3.94. The minimum atomic E-state index is -0.602. The predicted molar refractivity (Wildman–Crippen MR) is 90.7 cm³/mol. The van der Waals surface area contributed by atoms with Crippen molar-refractivity contribution < 1.29 is 14.4 Å². The fourth-order valence-electron chi connectivity index (χ4n) is 4.66. The van der Waals surface area contributed by atoms with Crippen LogP contribution in [0, 0.1) is 5.92 Å². The van der Waals surface area contributed by atoms with Gasteiger partial charge in [-0.2, -0.15) is 0 Å². The number of hydrogen-bond donors (Lipinski definition) is 1. The van der Waals surface area contributed by atoms with Crippen LogP contribution in [0.5, 0.6) is 0 Å². The van der Waals surface area contributed by atoms with E-state index < -0.39 is 17.7 Å². The highest BCUT2D eigenvalue weighted by Gasteiger charge is 2.48. The van der Waals surface area contributed by atoms with E-state index in [9.17, 15) is 14.4 Å². The van der Waals surface area contributed by atoms with E-state index in [0.717, 1.165) is 32.1 Å². The van der Waals surface area contributed by atoms with Gasteiger partial charge >= 0.3 is 11.8 Å². The molecule has 0 aromatic carbocycles. The SMILES string of the molecule is NC(=O)c1cncc(N2CC3CCC4CCCCC4N3C(=O)C2=O)c1. The smallest absolute Gasteiger partial charge is 0.316 e. The molecule has 3 fully saturated rings. The van der Waals surface area contributed by atoms with Crippen molar-refractivity contribution in [3.63, 3.8) is 0 Å². The van der Waals surface area contributed by atoms with Gasteiger partial charge in [0.2, 0.25) is 5.91 Å². The summed E-state index contributed by atoms with van der Waals surface area (Å²) in [5.41, 5.74) is 5.99. The summed E-state index contributed by atoms with van der Waals surface area (Å²) < 4.78 is 0. The van der Waals surface area contributed by atoms with Crippen LogP contribution in [0.2, 0.25) is 0 Å². The number of nitrogens with zero attached hydrogens (tertiary/aromatic N) is 3. The van der Waals surface area contributed by atoms with Crippen LogP contribution >= 0.6 is 0 Å². The molecule has 1 aromatic rings. The Hall–Kier alpha value is -2.44. The van der Waals surface area contributed by atoms with Crippen molar-refractivity contribution in [2.45, 2.75) is 50.6 Å². The third-order valence-corrected chi connectivity index (χ3v) is 5.87. The van der Waals surface area contributed by atoms with Crippen molar-refractivity contribution >= 4 is 23.4 Å². The molecule has 3 amide bonds. The molecule has 4 rings (SSSR count). The Balaban J connectivity index is 1.62. The van der Waals surface area contributed by atoms with Crippen LogP contribution in [-0.4, -0.2) is 46.2 Å². The summed E-state index contributed by atoms with van der Waals surface area (Å²) in [6, 6.07) is 1.78. The van der Waals surface area contributed by atoms with E-state index in [0.29, 0.717) is 18.2 Å². The van der Waals surface area contributed by atoms with Crippen molar-refractivity contribution in [2.75, 3.05) is 11.4 Å². The maximum absolute atomic E-state index is 12.8. The standard InChI is InChI=1S/C18H22N4O3/c19-16(23)12-7-14(9-20-8-12)21-10-13-6-5-11-3-1-2-4-15(11)22(13)18(25)17(21)24/h7-9,11,13,15H,1-6,10H2,(H2,19,23). The van der Waals surface area contributed by atoms with Crippen molar-refractivity contribution in [3.05, 3.63) is 24.0 Å². The molecule has 1 aromatic heterocycles. The number of piperidine rings is 1. The molecule has 3 atom stereocenters. The second-order valence-electron chi connectivity index (χ2n) is 7.27. The van der Waals surface area contributed by atoms with E-state index in [1.807, 2.05) is 4.90 Å². The first kappa shape index (κ1) is 16.1. The maximum Gasteiger partial charge on any atom is 0.316 e. The first-order valence-electron chi connectivity index (χ1n) is 8.95. The van der Waals surface area contributed by atoms with E-state index in [4.69, 9.17) is 5.73 Å². The van der Waals surface area contributed by atoms with Crippen LogP contribution in [0.25, 0.3) is 0 Å². The number of nitrogens with two attached hydrogens (primary N) is 1. The highest BCUT2D eigenvalue weighted by atomic mass is 16.2. The number of rotatable bonds is 2. The van der Waals surface area contributed by atoms with Gasteiger partial charge in [-0.05, 0) is 37.7 Å².